The van der Waals surface area contributed by atoms with Crippen LogP contribution in [-0.4, -0.2) is 25.2 Å². The first kappa shape index (κ1) is 14.6. The van der Waals surface area contributed by atoms with E-state index in [2.05, 4.69) is 25.8 Å². The highest BCUT2D eigenvalue weighted by molar-refractivity contribution is 7.09. The predicted molar refractivity (Wildman–Crippen MR) is 83.0 cm³/mol. The van der Waals surface area contributed by atoms with Crippen molar-refractivity contribution in [2.24, 2.45) is 0 Å². The average Bonchev–Trinajstić information content (AvgIpc) is 3.16. The normalized spacial score (nSPS) is 11.1. The molecule has 2 aromatic heterocycles. The Balaban J connectivity index is 1.81. The molecule has 0 aliphatic carbocycles. The molecule has 0 spiro atoms. The van der Waals surface area contributed by atoms with E-state index < -0.39 is 0 Å². The summed E-state index contributed by atoms with van der Waals surface area (Å²) in [5, 5.41) is 14.6. The van der Waals surface area contributed by atoms with Gasteiger partial charge in [-0.25, -0.2) is 9.07 Å². The molecule has 0 fully saturated rings. The fraction of sp³-hybridized carbons (Fsp3) is 0.286. The van der Waals surface area contributed by atoms with Crippen molar-refractivity contribution in [2.75, 3.05) is 5.32 Å². The molecule has 6 nitrogen and oxygen atoms in total. The van der Waals surface area contributed by atoms with Crippen LogP contribution in [0.1, 0.15) is 24.8 Å². The number of halogens is 1. The van der Waals surface area contributed by atoms with Crippen molar-refractivity contribution in [3.63, 3.8) is 0 Å². The van der Waals surface area contributed by atoms with Gasteiger partial charge in [0.15, 0.2) is 5.82 Å². The van der Waals surface area contributed by atoms with Crippen molar-refractivity contribution >= 4 is 17.0 Å². The van der Waals surface area contributed by atoms with Gasteiger partial charge in [-0.3, -0.25) is 4.98 Å². The summed E-state index contributed by atoms with van der Waals surface area (Å²) in [5.41, 5.74) is 2.87. The Hall–Kier alpha value is -2.35. The molecule has 0 saturated heterocycles. The second kappa shape index (κ2) is 6.18. The molecular weight excluding hydrogens is 303 g/mol. The van der Waals surface area contributed by atoms with Crippen molar-refractivity contribution in [2.45, 2.75) is 26.4 Å². The number of anilines is 1. The monoisotopic (exact) mass is 318 g/mol. The summed E-state index contributed by atoms with van der Waals surface area (Å²) in [6.07, 6.45) is 1.79. The Morgan fingerprint density at radius 1 is 1.36 bits per heavy atom. The molecule has 8 heteroatoms. The quantitative estimate of drug-likeness (QED) is 0.783. The van der Waals surface area contributed by atoms with Gasteiger partial charge in [-0.15, -0.1) is 16.4 Å². The Bertz CT molecular complexity index is 753. The number of tetrazole rings is 1. The largest absolute Gasteiger partial charge is 0.380 e. The lowest BCUT2D eigenvalue weighted by atomic mass is 10.1. The van der Waals surface area contributed by atoms with Gasteiger partial charge in [0.25, 0.3) is 0 Å². The third-order valence-corrected chi connectivity index (χ3v) is 3.92. The number of nitrogens with zero attached hydrogens (tertiary/aromatic N) is 5. The van der Waals surface area contributed by atoms with Crippen LogP contribution < -0.4 is 5.32 Å². The first-order chi connectivity index (χ1) is 10.6. The van der Waals surface area contributed by atoms with Crippen LogP contribution in [0.2, 0.25) is 0 Å². The average molecular weight is 318 g/mol. The zero-order chi connectivity index (χ0) is 15.5. The van der Waals surface area contributed by atoms with Gasteiger partial charge < -0.3 is 5.32 Å². The predicted octanol–water partition coefficient (Wildman–Crippen LogP) is 3.13. The smallest absolute Gasteiger partial charge is 0.185 e. The second-order valence-corrected chi connectivity index (χ2v) is 6.03. The maximum Gasteiger partial charge on any atom is 0.185 e. The summed E-state index contributed by atoms with van der Waals surface area (Å²) in [6, 6.07) is 5.03. The lowest BCUT2D eigenvalue weighted by Crippen LogP contribution is -2.06. The molecule has 0 amide bonds. The standard InChI is InChI=1S/C14H15FN6S/c1-9(2)21-14(18-19-20-21)12-4-3-10(5-13(12)15)17-7-11-6-16-8-22-11/h3-6,8-9,17H,7H2,1-2H3. The number of nitrogens with one attached hydrogen (secondary N) is 1. The van der Waals surface area contributed by atoms with Gasteiger partial charge in [-0.1, -0.05) is 0 Å². The third kappa shape index (κ3) is 2.96. The van der Waals surface area contributed by atoms with Gasteiger partial charge in [-0.05, 0) is 42.5 Å². The molecule has 0 atom stereocenters. The maximum absolute atomic E-state index is 14.4. The Morgan fingerprint density at radius 3 is 2.91 bits per heavy atom. The minimum Gasteiger partial charge on any atom is -0.380 e. The zero-order valence-electron chi connectivity index (χ0n) is 12.2. The van der Waals surface area contributed by atoms with E-state index >= 15 is 0 Å². The Morgan fingerprint density at radius 2 is 2.23 bits per heavy atom. The van der Waals surface area contributed by atoms with Crippen LogP contribution in [0.25, 0.3) is 11.4 Å². The third-order valence-electron chi connectivity index (χ3n) is 3.14. The van der Waals surface area contributed by atoms with E-state index in [1.165, 1.54) is 6.07 Å². The van der Waals surface area contributed by atoms with E-state index in [1.807, 2.05) is 19.9 Å². The number of thiazole rings is 1. The summed E-state index contributed by atoms with van der Waals surface area (Å²) in [6.45, 7) is 4.51. The molecule has 2 heterocycles. The summed E-state index contributed by atoms with van der Waals surface area (Å²) in [4.78, 5) is 5.10. The number of aromatic nitrogens is 5. The zero-order valence-corrected chi connectivity index (χ0v) is 13.0. The van der Waals surface area contributed by atoms with E-state index in [4.69, 9.17) is 0 Å². The summed E-state index contributed by atoms with van der Waals surface area (Å²) >= 11 is 1.56. The molecule has 0 aliphatic heterocycles. The molecule has 0 saturated carbocycles. The number of hydrogen-bond acceptors (Lipinski definition) is 6. The molecule has 3 aromatic rings. The van der Waals surface area contributed by atoms with Gasteiger partial charge in [-0.2, -0.15) is 0 Å². The minimum atomic E-state index is -0.356. The van der Waals surface area contributed by atoms with Gasteiger partial charge in [0.2, 0.25) is 0 Å². The van der Waals surface area contributed by atoms with E-state index in [1.54, 1.807) is 33.8 Å². The summed E-state index contributed by atoms with van der Waals surface area (Å²) < 4.78 is 16.0. The van der Waals surface area contributed by atoms with Crippen LogP contribution in [0.4, 0.5) is 10.1 Å². The van der Waals surface area contributed by atoms with Crippen molar-refractivity contribution in [3.05, 3.63) is 40.6 Å². The SMILES string of the molecule is CC(C)n1nnnc1-c1ccc(NCc2cncs2)cc1F. The lowest BCUT2D eigenvalue weighted by Gasteiger charge is -2.10. The fourth-order valence-electron chi connectivity index (χ4n) is 2.04. The Labute approximate surface area is 131 Å². The van der Waals surface area contributed by atoms with Crippen molar-refractivity contribution in [1.29, 1.82) is 0 Å². The molecule has 22 heavy (non-hydrogen) atoms. The van der Waals surface area contributed by atoms with E-state index in [0.29, 0.717) is 23.6 Å². The van der Waals surface area contributed by atoms with E-state index in [0.717, 1.165) is 4.88 Å². The molecule has 0 bridgehead atoms. The molecule has 114 valence electrons. The van der Waals surface area contributed by atoms with E-state index in [-0.39, 0.29) is 11.9 Å². The number of benzene rings is 1. The van der Waals surface area contributed by atoms with E-state index in [9.17, 15) is 4.39 Å². The first-order valence-electron chi connectivity index (χ1n) is 6.84. The highest BCUT2D eigenvalue weighted by atomic mass is 32.1. The van der Waals surface area contributed by atoms with Gasteiger partial charge in [0.05, 0.1) is 23.7 Å². The molecule has 0 unspecified atom stereocenters. The van der Waals surface area contributed by atoms with Crippen molar-refractivity contribution in [1.82, 2.24) is 25.2 Å². The van der Waals surface area contributed by atoms with Crippen molar-refractivity contribution in [3.8, 4) is 11.4 Å². The number of rotatable bonds is 5. The maximum atomic E-state index is 14.4. The molecule has 1 N–H and O–H groups in total. The fourth-order valence-corrected chi connectivity index (χ4v) is 2.58. The molecule has 1 aromatic carbocycles. The van der Waals surface area contributed by atoms with Crippen LogP contribution in [0.15, 0.2) is 29.9 Å². The van der Waals surface area contributed by atoms with Gasteiger partial charge in [0, 0.05) is 16.8 Å². The molecule has 0 radical (unpaired) electrons. The van der Waals surface area contributed by atoms with Gasteiger partial charge >= 0.3 is 0 Å². The topological polar surface area (TPSA) is 68.5 Å². The molecule has 0 aliphatic rings. The van der Waals surface area contributed by atoms with Gasteiger partial charge in [0.1, 0.15) is 5.82 Å². The lowest BCUT2D eigenvalue weighted by molar-refractivity contribution is 0.517. The van der Waals surface area contributed by atoms with Crippen molar-refractivity contribution < 1.29 is 4.39 Å². The summed E-state index contributed by atoms with van der Waals surface area (Å²) in [5.74, 6) is 0.0764. The Kier molecular flexibility index (Phi) is 4.10. The van der Waals surface area contributed by atoms with Crippen LogP contribution in [-0.2, 0) is 6.54 Å². The second-order valence-electron chi connectivity index (χ2n) is 5.06. The minimum absolute atomic E-state index is 0.0635. The number of hydrogen-bond donors (Lipinski definition) is 1. The highest BCUT2D eigenvalue weighted by Gasteiger charge is 2.15. The molecular formula is C14H15FN6S. The van der Waals surface area contributed by atoms with Crippen LogP contribution in [0, 0.1) is 5.82 Å². The highest BCUT2D eigenvalue weighted by Crippen LogP contribution is 2.25. The van der Waals surface area contributed by atoms with Crippen LogP contribution >= 0.6 is 11.3 Å². The van der Waals surface area contributed by atoms with Crippen LogP contribution in [0.3, 0.4) is 0 Å². The molecule has 3 rings (SSSR count). The summed E-state index contributed by atoms with van der Waals surface area (Å²) in [7, 11) is 0. The first-order valence-corrected chi connectivity index (χ1v) is 7.72. The van der Waals surface area contributed by atoms with Crippen LogP contribution in [0.5, 0.6) is 0 Å².